The molecule has 0 aromatic heterocycles. The van der Waals surface area contributed by atoms with Crippen molar-refractivity contribution in [3.8, 4) is 0 Å². The maximum Gasteiger partial charge on any atom is 0.0708 e. The minimum Gasteiger partial charge on any atom is -0.391 e. The zero-order valence-corrected chi connectivity index (χ0v) is 12.4. The summed E-state index contributed by atoms with van der Waals surface area (Å²) in [5.41, 5.74) is 1.15. The zero-order chi connectivity index (χ0) is 13.1. The Kier molecular flexibility index (Phi) is 4.78. The van der Waals surface area contributed by atoms with E-state index in [0.29, 0.717) is 0 Å². The Labute approximate surface area is 117 Å². The third kappa shape index (κ3) is 3.32. The molecular formula is C14H20BrNO2. The van der Waals surface area contributed by atoms with E-state index < -0.39 is 6.10 Å². The van der Waals surface area contributed by atoms with Crippen LogP contribution in [-0.4, -0.2) is 41.9 Å². The Morgan fingerprint density at radius 2 is 2.06 bits per heavy atom. The standard InChI is InChI=1S/C14H20BrNO2/c1-10-9-16(7-8-18-10)14(11(2)17)12-3-5-13(15)6-4-12/h3-6,10-11,14,17H,7-9H2,1-2H3. The van der Waals surface area contributed by atoms with E-state index in [2.05, 4.69) is 39.9 Å². The first-order valence-corrected chi connectivity index (χ1v) is 7.16. The highest BCUT2D eigenvalue weighted by Gasteiger charge is 2.28. The van der Waals surface area contributed by atoms with Gasteiger partial charge in [-0.3, -0.25) is 4.90 Å². The van der Waals surface area contributed by atoms with Gasteiger partial charge in [0.15, 0.2) is 0 Å². The lowest BCUT2D eigenvalue weighted by molar-refractivity contribution is -0.0558. The Morgan fingerprint density at radius 3 is 2.61 bits per heavy atom. The summed E-state index contributed by atoms with van der Waals surface area (Å²) in [5, 5.41) is 10.1. The highest BCUT2D eigenvalue weighted by molar-refractivity contribution is 9.10. The van der Waals surface area contributed by atoms with Gasteiger partial charge < -0.3 is 9.84 Å². The molecule has 1 heterocycles. The van der Waals surface area contributed by atoms with Crippen molar-refractivity contribution in [3.05, 3.63) is 34.3 Å². The topological polar surface area (TPSA) is 32.7 Å². The Bertz CT molecular complexity index is 380. The molecule has 1 aromatic rings. The number of nitrogens with zero attached hydrogens (tertiary/aromatic N) is 1. The molecule has 1 aliphatic rings. The third-order valence-corrected chi connectivity index (χ3v) is 3.86. The molecule has 0 radical (unpaired) electrons. The number of halogens is 1. The number of aliphatic hydroxyl groups excluding tert-OH is 1. The Morgan fingerprint density at radius 1 is 1.39 bits per heavy atom. The van der Waals surface area contributed by atoms with Crippen LogP contribution in [0.5, 0.6) is 0 Å². The van der Waals surface area contributed by atoms with E-state index in [4.69, 9.17) is 4.74 Å². The van der Waals surface area contributed by atoms with Crippen LogP contribution in [0.1, 0.15) is 25.5 Å². The van der Waals surface area contributed by atoms with Crippen molar-refractivity contribution in [2.45, 2.75) is 32.1 Å². The fraction of sp³-hybridized carbons (Fsp3) is 0.571. The highest BCUT2D eigenvalue weighted by Crippen LogP contribution is 2.27. The van der Waals surface area contributed by atoms with Gasteiger partial charge in [-0.2, -0.15) is 0 Å². The van der Waals surface area contributed by atoms with E-state index >= 15 is 0 Å². The first-order valence-electron chi connectivity index (χ1n) is 6.37. The van der Waals surface area contributed by atoms with Crippen molar-refractivity contribution in [2.75, 3.05) is 19.7 Å². The van der Waals surface area contributed by atoms with E-state index in [-0.39, 0.29) is 12.1 Å². The molecule has 3 unspecified atom stereocenters. The summed E-state index contributed by atoms with van der Waals surface area (Å²) in [7, 11) is 0. The smallest absolute Gasteiger partial charge is 0.0708 e. The molecule has 0 bridgehead atoms. The number of benzene rings is 1. The van der Waals surface area contributed by atoms with E-state index in [0.717, 1.165) is 29.7 Å². The van der Waals surface area contributed by atoms with Crippen LogP contribution in [0.2, 0.25) is 0 Å². The van der Waals surface area contributed by atoms with Gasteiger partial charge in [0.05, 0.1) is 24.9 Å². The predicted octanol–water partition coefficient (Wildman–Crippen LogP) is 2.59. The molecule has 0 spiro atoms. The van der Waals surface area contributed by atoms with Crippen molar-refractivity contribution < 1.29 is 9.84 Å². The summed E-state index contributed by atoms with van der Waals surface area (Å²) in [5.74, 6) is 0. The van der Waals surface area contributed by atoms with Crippen molar-refractivity contribution in [3.63, 3.8) is 0 Å². The average Bonchev–Trinajstić information content (AvgIpc) is 2.32. The molecule has 0 aliphatic carbocycles. The van der Waals surface area contributed by atoms with Gasteiger partial charge in [0.25, 0.3) is 0 Å². The van der Waals surface area contributed by atoms with Gasteiger partial charge in [-0.1, -0.05) is 28.1 Å². The molecule has 1 saturated heterocycles. The van der Waals surface area contributed by atoms with Crippen LogP contribution in [-0.2, 0) is 4.74 Å². The largest absolute Gasteiger partial charge is 0.391 e. The van der Waals surface area contributed by atoms with Gasteiger partial charge in [0, 0.05) is 17.6 Å². The van der Waals surface area contributed by atoms with Crippen LogP contribution in [0.3, 0.4) is 0 Å². The van der Waals surface area contributed by atoms with E-state index in [1.807, 2.05) is 19.1 Å². The van der Waals surface area contributed by atoms with Gasteiger partial charge in [-0.05, 0) is 31.5 Å². The second-order valence-corrected chi connectivity index (χ2v) is 5.83. The Balaban J connectivity index is 2.19. The first-order chi connectivity index (χ1) is 8.58. The first kappa shape index (κ1) is 14.0. The van der Waals surface area contributed by atoms with Crippen LogP contribution in [0.15, 0.2) is 28.7 Å². The maximum atomic E-state index is 10.1. The van der Waals surface area contributed by atoms with Crippen molar-refractivity contribution in [1.29, 1.82) is 0 Å². The summed E-state index contributed by atoms with van der Waals surface area (Å²) < 4.78 is 6.62. The summed E-state index contributed by atoms with van der Waals surface area (Å²) >= 11 is 3.44. The number of ether oxygens (including phenoxy) is 1. The quantitative estimate of drug-likeness (QED) is 0.931. The molecule has 3 atom stereocenters. The van der Waals surface area contributed by atoms with Crippen LogP contribution < -0.4 is 0 Å². The molecule has 3 nitrogen and oxygen atoms in total. The summed E-state index contributed by atoms with van der Waals surface area (Å²) in [6.07, 6.45) is -0.160. The average molecular weight is 314 g/mol. The molecule has 1 N–H and O–H groups in total. The van der Waals surface area contributed by atoms with Gasteiger partial charge >= 0.3 is 0 Å². The molecule has 1 aromatic carbocycles. The number of morpholine rings is 1. The number of aliphatic hydroxyl groups is 1. The zero-order valence-electron chi connectivity index (χ0n) is 10.8. The minimum atomic E-state index is -0.392. The normalized spacial score (nSPS) is 24.8. The predicted molar refractivity (Wildman–Crippen MR) is 75.6 cm³/mol. The van der Waals surface area contributed by atoms with E-state index in [1.165, 1.54) is 0 Å². The summed E-state index contributed by atoms with van der Waals surface area (Å²) in [6, 6.07) is 8.23. The van der Waals surface area contributed by atoms with Crippen molar-refractivity contribution in [2.24, 2.45) is 0 Å². The molecule has 1 fully saturated rings. The fourth-order valence-corrected chi connectivity index (χ4v) is 2.82. The van der Waals surface area contributed by atoms with Crippen LogP contribution in [0, 0.1) is 0 Å². The fourth-order valence-electron chi connectivity index (χ4n) is 2.55. The molecule has 4 heteroatoms. The van der Waals surface area contributed by atoms with Crippen LogP contribution in [0.4, 0.5) is 0 Å². The molecule has 18 heavy (non-hydrogen) atoms. The van der Waals surface area contributed by atoms with E-state index in [9.17, 15) is 5.11 Å². The Hall–Kier alpha value is -0.420. The van der Waals surface area contributed by atoms with Gasteiger partial charge in [0.2, 0.25) is 0 Å². The van der Waals surface area contributed by atoms with E-state index in [1.54, 1.807) is 0 Å². The van der Waals surface area contributed by atoms with Crippen LogP contribution >= 0.6 is 15.9 Å². The second-order valence-electron chi connectivity index (χ2n) is 4.91. The molecule has 100 valence electrons. The van der Waals surface area contributed by atoms with Gasteiger partial charge in [-0.15, -0.1) is 0 Å². The number of hydrogen-bond acceptors (Lipinski definition) is 3. The second kappa shape index (κ2) is 6.15. The maximum absolute atomic E-state index is 10.1. The number of rotatable bonds is 3. The molecule has 1 aliphatic heterocycles. The lowest BCUT2D eigenvalue weighted by atomic mass is 9.99. The van der Waals surface area contributed by atoms with Gasteiger partial charge in [-0.25, -0.2) is 0 Å². The number of hydrogen-bond donors (Lipinski definition) is 1. The lowest BCUT2D eigenvalue weighted by Crippen LogP contribution is -2.46. The van der Waals surface area contributed by atoms with Crippen LogP contribution in [0.25, 0.3) is 0 Å². The molecular weight excluding hydrogens is 294 g/mol. The third-order valence-electron chi connectivity index (χ3n) is 3.33. The minimum absolute atomic E-state index is 0.0458. The molecule has 0 saturated carbocycles. The lowest BCUT2D eigenvalue weighted by Gasteiger charge is -2.38. The molecule has 2 rings (SSSR count). The molecule has 0 amide bonds. The summed E-state index contributed by atoms with van der Waals surface area (Å²) in [6.45, 7) is 6.40. The van der Waals surface area contributed by atoms with Gasteiger partial charge in [0.1, 0.15) is 0 Å². The highest BCUT2D eigenvalue weighted by atomic mass is 79.9. The summed E-state index contributed by atoms with van der Waals surface area (Å²) in [4.78, 5) is 2.31. The monoisotopic (exact) mass is 313 g/mol. The van der Waals surface area contributed by atoms with Crippen molar-refractivity contribution >= 4 is 15.9 Å². The van der Waals surface area contributed by atoms with Crippen molar-refractivity contribution in [1.82, 2.24) is 4.90 Å². The SMILES string of the molecule is CC1CN(C(c2ccc(Br)cc2)C(C)O)CCO1.